The van der Waals surface area contributed by atoms with E-state index < -0.39 is 47.8 Å². The quantitative estimate of drug-likeness (QED) is 0.0256. The lowest BCUT2D eigenvalue weighted by Crippen LogP contribution is -2.70. The molecule has 0 unspecified atom stereocenters. The first-order valence-corrected chi connectivity index (χ1v) is 32.4. The highest BCUT2D eigenvalue weighted by Gasteiger charge is 2.69. The van der Waals surface area contributed by atoms with E-state index in [0.717, 1.165) is 38.1 Å². The molecule has 2 amide bonds. The fraction of sp³-hybridized carbons (Fsp3) is 0.429. The molecule has 7 aliphatic rings. The first kappa shape index (κ1) is 68.8. The Hall–Kier alpha value is -8.06. The van der Waals surface area contributed by atoms with Gasteiger partial charge in [0.15, 0.2) is 30.0 Å². The van der Waals surface area contributed by atoms with E-state index in [2.05, 4.69) is 11.8 Å². The summed E-state index contributed by atoms with van der Waals surface area (Å²) in [4.78, 5) is 32.7. The third-order valence-electron chi connectivity index (χ3n) is 17.8. The molecule has 0 spiro atoms. The molecule has 0 N–H and O–H groups in total. The number of carbonyl (C=O) groups is 2. The highest BCUT2D eigenvalue weighted by Crippen LogP contribution is 2.53. The van der Waals surface area contributed by atoms with Gasteiger partial charge in [-0.2, -0.15) is 5.26 Å². The summed E-state index contributed by atoms with van der Waals surface area (Å²) in [6.45, 7) is 12.7. The van der Waals surface area contributed by atoms with Gasteiger partial charge in [-0.25, -0.2) is 4.74 Å². The number of rotatable bonds is 23. The number of amides is 2. The van der Waals surface area contributed by atoms with Crippen molar-refractivity contribution >= 4 is 18.0 Å². The van der Waals surface area contributed by atoms with Gasteiger partial charge >= 0.3 is 0 Å². The van der Waals surface area contributed by atoms with E-state index in [-0.39, 0.29) is 60.3 Å². The average molecular weight is 1280 g/mol. The van der Waals surface area contributed by atoms with Gasteiger partial charge in [0.25, 0.3) is 0 Å². The minimum atomic E-state index is -0.962. The van der Waals surface area contributed by atoms with Crippen molar-refractivity contribution in [1.29, 1.82) is 5.26 Å². The summed E-state index contributed by atoms with van der Waals surface area (Å²) in [7, 11) is 0. The Morgan fingerprint density at radius 2 is 0.787 bits per heavy atom. The predicted octanol–water partition coefficient (Wildman–Crippen LogP) is 10.8. The van der Waals surface area contributed by atoms with E-state index in [0.29, 0.717) is 78.7 Å². The number of hydrogen-bond acceptors (Lipinski definition) is 14. The minimum absolute atomic E-state index is 0.00160. The van der Waals surface area contributed by atoms with Crippen LogP contribution in [0.4, 0.5) is 0 Å². The normalized spacial score (nSPS) is 28.0. The Labute approximate surface area is 553 Å². The molecule has 0 aliphatic carbocycles. The Morgan fingerprint density at radius 1 is 0.489 bits per heavy atom. The summed E-state index contributed by atoms with van der Waals surface area (Å²) < 4.78 is 62.1. The number of hydrogen-bond donors (Lipinski definition) is 0. The van der Waals surface area contributed by atoms with E-state index in [1.54, 1.807) is 26.1 Å². The van der Waals surface area contributed by atoms with Gasteiger partial charge in [0.1, 0.15) is 24.9 Å². The van der Waals surface area contributed by atoms with Crippen LogP contribution >= 0.6 is 0 Å². The zero-order valence-corrected chi connectivity index (χ0v) is 54.2. The maximum Gasteiger partial charge on any atom is 0.231 e. The lowest BCUT2D eigenvalue weighted by atomic mass is 9.74. The van der Waals surface area contributed by atoms with Gasteiger partial charge in [0.05, 0.1) is 101 Å². The summed E-state index contributed by atoms with van der Waals surface area (Å²) in [6.07, 6.45) is 11.4. The van der Waals surface area contributed by atoms with Crippen molar-refractivity contribution in [3.05, 3.63) is 221 Å². The molecule has 6 saturated heterocycles. The minimum Gasteiger partial charge on any atom is -0.624 e. The highest BCUT2D eigenvalue weighted by atomic mass is 16.8. The number of hydroxylamine groups is 1. The van der Waals surface area contributed by atoms with Gasteiger partial charge in [-0.3, -0.25) is 9.59 Å². The van der Waals surface area contributed by atoms with Crippen LogP contribution in [0.1, 0.15) is 87.3 Å². The lowest BCUT2D eigenvalue weighted by Gasteiger charge is -2.51. The third-order valence-corrected chi connectivity index (χ3v) is 17.8. The van der Waals surface area contributed by atoms with Crippen molar-refractivity contribution in [2.24, 2.45) is 11.8 Å². The molecule has 14 atom stereocenters. The number of ether oxygens (including phenoxy) is 10. The topological polar surface area (TPSA) is 183 Å². The lowest BCUT2D eigenvalue weighted by molar-refractivity contribution is -0.504. The molecule has 0 radical (unpaired) electrons. The summed E-state index contributed by atoms with van der Waals surface area (Å²) in [6, 6.07) is 61.0. The Bertz CT molecular complexity index is 3350. The zero-order chi connectivity index (χ0) is 66.0. The van der Waals surface area contributed by atoms with E-state index >= 15 is 0 Å². The van der Waals surface area contributed by atoms with Crippen LogP contribution in [0.15, 0.2) is 182 Å². The van der Waals surface area contributed by atoms with Crippen molar-refractivity contribution < 1.29 is 61.7 Å². The van der Waals surface area contributed by atoms with Crippen LogP contribution in [-0.4, -0.2) is 137 Å². The van der Waals surface area contributed by atoms with Crippen LogP contribution in [0.5, 0.6) is 0 Å². The molecule has 6 fully saturated rings. The second kappa shape index (κ2) is 32.9. The standard InChI is InChI=1S/C47H52N2O8.C19H21NO3.C9H10O2.C2H3N/c1-47(2)56-43(41-35-23-39(54-27-33-19-11-5-12-20-33)37(48(35)45(41)50)29-52-25-31-15-7-3-8-16-31)44(57-47)42-36-24-40(55-28-34-21-13-6-14-22-34)38(49(36)46(42)51)30-53-26-32-17-9-4-10-18-32;21-20-12-11-19(23-14-17-9-5-2-6-10-17)18(20)15-22-13-16-7-3-1-4-8-16;1-5-7-8(6-2)11-9(3,4)10-7;1-2-3/h3-22,35-44H,23-30H2,1-2H3;1-10,12,18-19H,11,13-15H2;1-2,7-8H,3-4H3;1H3/t35-,36-,37+,38+,39+,40+,41-,42-,43-,44-;18-,19-;7-,8-;/m101./s1. The number of β-lactam (4-membered cyclic amide) rings is 2. The van der Waals surface area contributed by atoms with Gasteiger partial charge in [-0.1, -0.05) is 194 Å². The second-order valence-corrected chi connectivity index (χ2v) is 25.2. The molecule has 0 aromatic heterocycles. The molecule has 6 aromatic carbocycles. The van der Waals surface area contributed by atoms with Gasteiger partial charge in [-0.15, -0.1) is 12.8 Å². The van der Waals surface area contributed by atoms with Gasteiger partial charge < -0.3 is 62.4 Å². The van der Waals surface area contributed by atoms with E-state index in [1.807, 2.05) is 206 Å². The maximum atomic E-state index is 14.4. The maximum absolute atomic E-state index is 14.4. The predicted molar refractivity (Wildman–Crippen MR) is 353 cm³/mol. The van der Waals surface area contributed by atoms with Crippen LogP contribution in [0, 0.1) is 53.1 Å². The molecular formula is C77H86N4O13. The molecule has 0 saturated carbocycles. The van der Waals surface area contributed by atoms with Crippen LogP contribution in [0.2, 0.25) is 0 Å². The number of nitrogens with zero attached hydrogens (tertiary/aromatic N) is 4. The Kier molecular flexibility index (Phi) is 24.1. The molecular weight excluding hydrogens is 1190 g/mol. The Morgan fingerprint density at radius 3 is 1.12 bits per heavy atom. The monoisotopic (exact) mass is 1270 g/mol. The third kappa shape index (κ3) is 17.4. The number of carbonyl (C=O) groups excluding carboxylic acids is 2. The van der Waals surface area contributed by atoms with Crippen LogP contribution in [0.25, 0.3) is 0 Å². The van der Waals surface area contributed by atoms with Crippen molar-refractivity contribution in [1.82, 2.24) is 9.80 Å². The molecule has 17 nitrogen and oxygen atoms in total. The molecule has 13 rings (SSSR count). The van der Waals surface area contributed by atoms with E-state index in [9.17, 15) is 14.8 Å². The summed E-state index contributed by atoms with van der Waals surface area (Å²) in [5.74, 6) is 2.34. The molecule has 94 heavy (non-hydrogen) atoms. The van der Waals surface area contributed by atoms with Crippen molar-refractivity contribution in [2.45, 2.75) is 178 Å². The molecule has 7 aliphatic heterocycles. The SMILES string of the molecule is C#C[C@H]1OC(C)(C)O[C@@H]1C#C.CC#N.CC1(C)O[C@H]([C@@H]2C(=O)N3[C@@H]2C[C@H](OCc2ccccc2)[C@@H]3COCc2ccccc2)[C@@H]([C@@H]2C(=O)N3[C@@H]2C[C@H](OCc2ccccc2)[C@@H]3COCc2ccccc2)O1.[O-][N+]1=CC[C@H](OCc2ccccc2)[C@@H]1COCc1ccccc1. The summed E-state index contributed by atoms with van der Waals surface area (Å²) in [5.41, 5.74) is 6.52. The number of terminal acetylenes is 2. The van der Waals surface area contributed by atoms with Crippen molar-refractivity contribution in [3.63, 3.8) is 0 Å². The van der Waals surface area contributed by atoms with Crippen LogP contribution < -0.4 is 0 Å². The highest BCUT2D eigenvalue weighted by molar-refractivity contribution is 5.90. The number of nitriles is 1. The van der Waals surface area contributed by atoms with E-state index in [4.69, 9.17) is 65.5 Å². The van der Waals surface area contributed by atoms with E-state index in [1.165, 1.54) is 6.92 Å². The number of fused-ring (bicyclic) bond motifs is 2. The molecule has 7 heterocycles. The summed E-state index contributed by atoms with van der Waals surface area (Å²) >= 11 is 0. The zero-order valence-electron chi connectivity index (χ0n) is 54.2. The molecule has 6 aromatic rings. The molecule has 492 valence electrons. The van der Waals surface area contributed by atoms with Gasteiger partial charge in [0, 0.05) is 19.0 Å². The number of benzene rings is 6. The fourth-order valence-electron chi connectivity index (χ4n) is 13.5. The Balaban J connectivity index is 0.000000212. The first-order chi connectivity index (χ1) is 45.7. The largest absolute Gasteiger partial charge is 0.624 e. The second-order valence-electron chi connectivity index (χ2n) is 25.2. The van der Waals surface area contributed by atoms with Crippen molar-refractivity contribution in [2.75, 3.05) is 19.8 Å². The average Bonchev–Trinajstić information content (AvgIpc) is 1.52. The summed E-state index contributed by atoms with van der Waals surface area (Å²) in [5, 5.41) is 19.3. The fourth-order valence-corrected chi connectivity index (χ4v) is 13.5. The van der Waals surface area contributed by atoms with Gasteiger partial charge in [0.2, 0.25) is 17.9 Å². The smallest absolute Gasteiger partial charge is 0.231 e. The van der Waals surface area contributed by atoms with Gasteiger partial charge in [-0.05, 0) is 73.9 Å². The first-order valence-electron chi connectivity index (χ1n) is 32.4. The van der Waals surface area contributed by atoms with Crippen molar-refractivity contribution in [3.8, 4) is 30.8 Å². The van der Waals surface area contributed by atoms with Crippen LogP contribution in [-0.2, 0) is 96.6 Å². The molecule has 17 heteroatoms. The molecule has 0 bridgehead atoms. The van der Waals surface area contributed by atoms with Crippen LogP contribution in [0.3, 0.4) is 0 Å².